The summed E-state index contributed by atoms with van der Waals surface area (Å²) < 4.78 is 0.891. The van der Waals surface area contributed by atoms with E-state index in [4.69, 9.17) is 0 Å². The van der Waals surface area contributed by atoms with E-state index in [1.807, 2.05) is 29.2 Å². The molecule has 3 heterocycles. The highest BCUT2D eigenvalue weighted by Gasteiger charge is 2.39. The summed E-state index contributed by atoms with van der Waals surface area (Å²) in [7, 11) is 0. The van der Waals surface area contributed by atoms with Crippen molar-refractivity contribution in [3.8, 4) is 0 Å². The Labute approximate surface area is 150 Å². The number of halogens is 1. The molecule has 3 atom stereocenters. The molecular formula is C18H22BrN3O2. The molecule has 0 saturated carbocycles. The van der Waals surface area contributed by atoms with E-state index < -0.39 is 0 Å². The van der Waals surface area contributed by atoms with E-state index in [1.165, 1.54) is 6.42 Å². The van der Waals surface area contributed by atoms with Crippen LogP contribution in [0.1, 0.15) is 25.7 Å². The van der Waals surface area contributed by atoms with Crippen LogP contribution in [0.15, 0.2) is 28.7 Å². The predicted octanol–water partition coefficient (Wildman–Crippen LogP) is 2.15. The largest absolute Gasteiger partial charge is 0.341 e. The van der Waals surface area contributed by atoms with Crippen LogP contribution in [0.3, 0.4) is 0 Å². The first kappa shape index (κ1) is 16.1. The Balaban J connectivity index is 1.46. The van der Waals surface area contributed by atoms with E-state index in [2.05, 4.69) is 21.2 Å². The van der Waals surface area contributed by atoms with Crippen molar-refractivity contribution in [3.63, 3.8) is 0 Å². The summed E-state index contributed by atoms with van der Waals surface area (Å²) in [5, 5.41) is 3.60. The van der Waals surface area contributed by atoms with Gasteiger partial charge >= 0.3 is 0 Å². The van der Waals surface area contributed by atoms with Gasteiger partial charge in [-0.3, -0.25) is 9.59 Å². The van der Waals surface area contributed by atoms with Gasteiger partial charge in [-0.05, 0) is 47.3 Å². The number of likely N-dealkylation sites (tertiary alicyclic amines) is 1. The highest BCUT2D eigenvalue weighted by molar-refractivity contribution is 9.10. The monoisotopic (exact) mass is 391 g/mol. The number of anilines is 1. The van der Waals surface area contributed by atoms with Crippen molar-refractivity contribution >= 4 is 33.4 Å². The number of nitrogens with one attached hydrogen (secondary N) is 1. The molecule has 3 aliphatic heterocycles. The van der Waals surface area contributed by atoms with Crippen molar-refractivity contribution in [1.29, 1.82) is 0 Å². The van der Waals surface area contributed by atoms with E-state index in [1.54, 1.807) is 4.90 Å². The molecule has 0 spiro atoms. The zero-order chi connectivity index (χ0) is 16.7. The van der Waals surface area contributed by atoms with Crippen molar-refractivity contribution in [1.82, 2.24) is 10.2 Å². The lowest BCUT2D eigenvalue weighted by molar-refractivity contribution is -0.136. The molecule has 0 aromatic heterocycles. The van der Waals surface area contributed by atoms with Crippen LogP contribution in [0.25, 0.3) is 0 Å². The number of hydrogen-bond acceptors (Lipinski definition) is 3. The van der Waals surface area contributed by atoms with E-state index >= 15 is 0 Å². The number of rotatable bonds is 2. The fourth-order valence-corrected chi connectivity index (χ4v) is 4.68. The van der Waals surface area contributed by atoms with Gasteiger partial charge in [0, 0.05) is 42.6 Å². The predicted molar refractivity (Wildman–Crippen MR) is 95.7 cm³/mol. The van der Waals surface area contributed by atoms with Gasteiger partial charge < -0.3 is 15.1 Å². The molecule has 1 aromatic carbocycles. The lowest BCUT2D eigenvalue weighted by Crippen LogP contribution is -2.42. The number of para-hydroxylation sites is 1. The van der Waals surface area contributed by atoms with Gasteiger partial charge in [0.15, 0.2) is 0 Å². The van der Waals surface area contributed by atoms with Crippen molar-refractivity contribution in [3.05, 3.63) is 28.7 Å². The summed E-state index contributed by atoms with van der Waals surface area (Å²) in [6.45, 7) is 2.08. The Kier molecular flexibility index (Phi) is 4.35. The summed E-state index contributed by atoms with van der Waals surface area (Å²) in [6.07, 6.45) is 3.72. The second-order valence-electron chi connectivity index (χ2n) is 7.07. The van der Waals surface area contributed by atoms with Gasteiger partial charge in [-0.15, -0.1) is 0 Å². The number of nitrogens with zero attached hydrogens (tertiary/aromatic N) is 2. The Bertz CT molecular complexity index is 665. The molecule has 3 unspecified atom stereocenters. The quantitative estimate of drug-likeness (QED) is 0.840. The zero-order valence-corrected chi connectivity index (χ0v) is 15.2. The fourth-order valence-electron chi connectivity index (χ4n) is 4.18. The summed E-state index contributed by atoms with van der Waals surface area (Å²) in [5.74, 6) is -0.0387. The first-order valence-electron chi connectivity index (χ1n) is 8.71. The first-order valence-corrected chi connectivity index (χ1v) is 9.51. The molecule has 1 N–H and O–H groups in total. The molecule has 24 heavy (non-hydrogen) atoms. The fraction of sp³-hybridized carbons (Fsp3) is 0.556. The SMILES string of the molecule is O=C(C1CC(=O)N(c2ccccc2Br)C1)N1CCC2CCC(C1)N2. The zero-order valence-electron chi connectivity index (χ0n) is 13.6. The highest BCUT2D eigenvalue weighted by atomic mass is 79.9. The molecule has 4 rings (SSSR count). The van der Waals surface area contributed by atoms with Gasteiger partial charge in [-0.2, -0.15) is 0 Å². The average Bonchev–Trinajstić information content (AvgIpc) is 3.10. The summed E-state index contributed by atoms with van der Waals surface area (Å²) in [4.78, 5) is 29.1. The number of fused-ring (bicyclic) bond motifs is 2. The number of carbonyl (C=O) groups is 2. The van der Waals surface area contributed by atoms with Crippen molar-refractivity contribution < 1.29 is 9.59 Å². The maximum Gasteiger partial charge on any atom is 0.228 e. The van der Waals surface area contributed by atoms with Crippen molar-refractivity contribution in [2.24, 2.45) is 5.92 Å². The van der Waals surface area contributed by atoms with Crippen LogP contribution in [0.5, 0.6) is 0 Å². The number of hydrogen-bond donors (Lipinski definition) is 1. The Morgan fingerprint density at radius 2 is 1.92 bits per heavy atom. The second-order valence-corrected chi connectivity index (χ2v) is 7.92. The molecule has 2 amide bonds. The molecule has 6 heteroatoms. The van der Waals surface area contributed by atoms with Crippen LogP contribution in [0.2, 0.25) is 0 Å². The van der Waals surface area contributed by atoms with Gasteiger partial charge in [-0.25, -0.2) is 0 Å². The smallest absolute Gasteiger partial charge is 0.228 e. The minimum absolute atomic E-state index is 0.0368. The van der Waals surface area contributed by atoms with Crippen LogP contribution in [-0.4, -0.2) is 48.4 Å². The van der Waals surface area contributed by atoms with Gasteiger partial charge in [0.05, 0.1) is 11.6 Å². The van der Waals surface area contributed by atoms with Gasteiger partial charge in [0.25, 0.3) is 0 Å². The van der Waals surface area contributed by atoms with E-state index in [0.717, 1.165) is 36.1 Å². The molecule has 5 nitrogen and oxygen atoms in total. The number of benzene rings is 1. The van der Waals surface area contributed by atoms with Gasteiger partial charge in [-0.1, -0.05) is 12.1 Å². The minimum Gasteiger partial charge on any atom is -0.341 e. The van der Waals surface area contributed by atoms with Crippen LogP contribution in [0, 0.1) is 5.92 Å². The topological polar surface area (TPSA) is 52.7 Å². The summed E-state index contributed by atoms with van der Waals surface area (Å²) in [6, 6.07) is 8.68. The molecule has 3 fully saturated rings. The Morgan fingerprint density at radius 1 is 1.12 bits per heavy atom. The summed E-state index contributed by atoms with van der Waals surface area (Å²) >= 11 is 3.50. The van der Waals surface area contributed by atoms with Crippen LogP contribution < -0.4 is 10.2 Å². The van der Waals surface area contributed by atoms with E-state index in [9.17, 15) is 9.59 Å². The third kappa shape index (κ3) is 2.97. The minimum atomic E-state index is -0.221. The number of amides is 2. The van der Waals surface area contributed by atoms with Crippen LogP contribution in [-0.2, 0) is 9.59 Å². The van der Waals surface area contributed by atoms with Crippen molar-refractivity contribution in [2.75, 3.05) is 24.5 Å². The summed E-state index contributed by atoms with van der Waals surface area (Å²) in [5.41, 5.74) is 0.856. The molecule has 3 saturated heterocycles. The van der Waals surface area contributed by atoms with Gasteiger partial charge in [0.2, 0.25) is 11.8 Å². The molecule has 128 valence electrons. The average molecular weight is 392 g/mol. The first-order chi connectivity index (χ1) is 11.6. The molecular weight excluding hydrogens is 370 g/mol. The maximum atomic E-state index is 12.9. The normalized spacial score (nSPS) is 29.9. The highest BCUT2D eigenvalue weighted by Crippen LogP contribution is 2.32. The molecule has 1 aromatic rings. The lowest BCUT2D eigenvalue weighted by atomic mass is 10.0. The van der Waals surface area contributed by atoms with Crippen molar-refractivity contribution in [2.45, 2.75) is 37.8 Å². The van der Waals surface area contributed by atoms with Crippen LogP contribution >= 0.6 is 15.9 Å². The lowest BCUT2D eigenvalue weighted by Gasteiger charge is -2.27. The molecule has 0 aliphatic carbocycles. The standard InChI is InChI=1S/C18H22BrN3O2/c19-15-3-1-2-4-16(15)22-10-12(9-17(22)23)18(24)21-8-7-13-5-6-14(11-21)20-13/h1-4,12-14,20H,5-11H2. The van der Waals surface area contributed by atoms with Gasteiger partial charge in [0.1, 0.15) is 0 Å². The Hall–Kier alpha value is -1.40. The maximum absolute atomic E-state index is 12.9. The number of carbonyl (C=O) groups excluding carboxylic acids is 2. The molecule has 0 radical (unpaired) electrons. The third-order valence-corrected chi connectivity index (χ3v) is 6.12. The molecule has 3 aliphatic rings. The molecule has 2 bridgehead atoms. The van der Waals surface area contributed by atoms with Crippen LogP contribution in [0.4, 0.5) is 5.69 Å². The Morgan fingerprint density at radius 3 is 2.75 bits per heavy atom. The van der Waals surface area contributed by atoms with E-state index in [0.29, 0.717) is 25.0 Å². The second kappa shape index (κ2) is 6.48. The third-order valence-electron chi connectivity index (χ3n) is 5.45. The van der Waals surface area contributed by atoms with E-state index in [-0.39, 0.29) is 17.7 Å².